The van der Waals surface area contributed by atoms with E-state index in [1.54, 1.807) is 0 Å². The Labute approximate surface area is 110 Å². The van der Waals surface area contributed by atoms with Gasteiger partial charge in [0.15, 0.2) is 5.76 Å². The predicted molar refractivity (Wildman–Crippen MR) is 68.2 cm³/mol. The fourth-order valence-electron chi connectivity index (χ4n) is 1.88. The van der Waals surface area contributed by atoms with Crippen LogP contribution in [0.5, 0.6) is 0 Å². The van der Waals surface area contributed by atoms with Gasteiger partial charge < -0.3 is 10.2 Å². The molecule has 2 rings (SSSR count). The average molecular weight is 266 g/mol. The van der Waals surface area contributed by atoms with Crippen LogP contribution in [0, 0.1) is 17.6 Å². The molecule has 1 atom stereocenters. The van der Waals surface area contributed by atoms with E-state index in [2.05, 4.69) is 4.98 Å². The second-order valence-corrected chi connectivity index (χ2v) is 4.92. The van der Waals surface area contributed by atoms with E-state index in [0.717, 1.165) is 18.2 Å². The molecule has 3 nitrogen and oxygen atoms in total. The lowest BCUT2D eigenvalue weighted by molar-refractivity contribution is 0.407. The van der Waals surface area contributed by atoms with Crippen LogP contribution in [0.4, 0.5) is 8.78 Å². The minimum atomic E-state index is -0.554. The summed E-state index contributed by atoms with van der Waals surface area (Å²) in [6.07, 6.45) is 2.08. The molecule has 5 heteroatoms. The number of aromatic nitrogens is 1. The summed E-state index contributed by atoms with van der Waals surface area (Å²) in [5.74, 6) is -0.155. The Balaban J connectivity index is 2.28. The fourth-order valence-corrected chi connectivity index (χ4v) is 1.88. The third kappa shape index (κ3) is 3.17. The number of halogens is 2. The highest BCUT2D eigenvalue weighted by Gasteiger charge is 2.17. The van der Waals surface area contributed by atoms with E-state index in [4.69, 9.17) is 10.2 Å². The Morgan fingerprint density at radius 2 is 2.05 bits per heavy atom. The van der Waals surface area contributed by atoms with E-state index >= 15 is 0 Å². The molecule has 0 amide bonds. The van der Waals surface area contributed by atoms with Gasteiger partial charge in [0.25, 0.3) is 0 Å². The van der Waals surface area contributed by atoms with Crippen LogP contribution in [-0.4, -0.2) is 4.98 Å². The molecule has 0 aliphatic carbocycles. The van der Waals surface area contributed by atoms with Gasteiger partial charge in [-0.05, 0) is 30.5 Å². The number of oxazole rings is 1. The predicted octanol–water partition coefficient (Wildman–Crippen LogP) is 3.67. The molecule has 1 aromatic carbocycles. The van der Waals surface area contributed by atoms with Crippen molar-refractivity contribution in [3.63, 3.8) is 0 Å². The Morgan fingerprint density at radius 3 is 2.74 bits per heavy atom. The first-order valence-corrected chi connectivity index (χ1v) is 6.14. The molecule has 0 saturated carbocycles. The van der Waals surface area contributed by atoms with E-state index in [-0.39, 0.29) is 17.4 Å². The van der Waals surface area contributed by atoms with Gasteiger partial charge in [0.2, 0.25) is 5.89 Å². The molecule has 0 radical (unpaired) electrons. The van der Waals surface area contributed by atoms with Crippen LogP contribution in [0.25, 0.3) is 11.3 Å². The van der Waals surface area contributed by atoms with Gasteiger partial charge in [-0.25, -0.2) is 13.8 Å². The van der Waals surface area contributed by atoms with E-state index in [9.17, 15) is 8.78 Å². The SMILES string of the molecule is CC(C)CC(N)c1ncc(-c2cc(F)ccc2F)o1. The standard InChI is InChI=1S/C14H16F2N2O/c1-8(2)5-12(17)14-18-7-13(19-14)10-6-9(15)3-4-11(10)16/h3-4,6-8,12H,5,17H2,1-2H3. The minimum absolute atomic E-state index is 0.0514. The maximum Gasteiger partial charge on any atom is 0.211 e. The van der Waals surface area contributed by atoms with E-state index < -0.39 is 11.6 Å². The molecule has 0 fully saturated rings. The highest BCUT2D eigenvalue weighted by atomic mass is 19.1. The number of hydrogen-bond donors (Lipinski definition) is 1. The third-order valence-electron chi connectivity index (χ3n) is 2.76. The molecular weight excluding hydrogens is 250 g/mol. The van der Waals surface area contributed by atoms with Crippen LogP contribution >= 0.6 is 0 Å². The Bertz CT molecular complexity index is 566. The first kappa shape index (κ1) is 13.7. The van der Waals surface area contributed by atoms with Gasteiger partial charge >= 0.3 is 0 Å². The van der Waals surface area contributed by atoms with Crippen molar-refractivity contribution in [1.29, 1.82) is 0 Å². The molecule has 1 heterocycles. The fraction of sp³-hybridized carbons (Fsp3) is 0.357. The maximum absolute atomic E-state index is 13.6. The number of nitrogens with two attached hydrogens (primary N) is 1. The molecule has 1 aromatic heterocycles. The van der Waals surface area contributed by atoms with Crippen LogP contribution in [0.15, 0.2) is 28.8 Å². The number of rotatable bonds is 4. The number of hydrogen-bond acceptors (Lipinski definition) is 3. The Hall–Kier alpha value is -1.75. The molecule has 2 aromatic rings. The lowest BCUT2D eigenvalue weighted by Gasteiger charge is -2.09. The molecule has 1 unspecified atom stereocenters. The summed E-state index contributed by atoms with van der Waals surface area (Å²) in [6, 6.07) is 2.85. The van der Waals surface area contributed by atoms with Gasteiger partial charge in [-0.1, -0.05) is 13.8 Å². The van der Waals surface area contributed by atoms with E-state index in [1.165, 1.54) is 6.20 Å². The van der Waals surface area contributed by atoms with Crippen LogP contribution in [-0.2, 0) is 0 Å². The Morgan fingerprint density at radius 1 is 1.32 bits per heavy atom. The minimum Gasteiger partial charge on any atom is -0.439 e. The molecule has 0 aliphatic heterocycles. The summed E-state index contributed by atoms with van der Waals surface area (Å²) in [4.78, 5) is 4.04. The monoisotopic (exact) mass is 266 g/mol. The van der Waals surface area contributed by atoms with Gasteiger partial charge in [-0.15, -0.1) is 0 Å². The van der Waals surface area contributed by atoms with Crippen molar-refractivity contribution in [2.45, 2.75) is 26.3 Å². The van der Waals surface area contributed by atoms with E-state index in [1.807, 2.05) is 13.8 Å². The molecule has 0 bridgehead atoms. The van der Waals surface area contributed by atoms with E-state index in [0.29, 0.717) is 18.2 Å². The molecule has 2 N–H and O–H groups in total. The second kappa shape index (κ2) is 5.48. The molecule has 19 heavy (non-hydrogen) atoms. The van der Waals surface area contributed by atoms with Crippen molar-refractivity contribution < 1.29 is 13.2 Å². The van der Waals surface area contributed by atoms with Crippen LogP contribution < -0.4 is 5.73 Å². The first-order valence-electron chi connectivity index (χ1n) is 6.14. The zero-order valence-electron chi connectivity index (χ0n) is 10.9. The summed E-state index contributed by atoms with van der Waals surface area (Å²) in [6.45, 7) is 4.08. The lowest BCUT2D eigenvalue weighted by atomic mass is 10.0. The largest absolute Gasteiger partial charge is 0.439 e. The van der Waals surface area contributed by atoms with Gasteiger partial charge in [-0.3, -0.25) is 0 Å². The summed E-state index contributed by atoms with van der Waals surface area (Å²) in [7, 11) is 0. The van der Waals surface area contributed by atoms with Crippen molar-refractivity contribution in [3.8, 4) is 11.3 Å². The quantitative estimate of drug-likeness (QED) is 0.918. The normalized spacial score (nSPS) is 12.9. The van der Waals surface area contributed by atoms with Crippen LogP contribution in [0.2, 0.25) is 0 Å². The van der Waals surface area contributed by atoms with Crippen molar-refractivity contribution in [2.24, 2.45) is 11.7 Å². The smallest absolute Gasteiger partial charge is 0.211 e. The summed E-state index contributed by atoms with van der Waals surface area (Å²) in [5.41, 5.74) is 5.98. The zero-order chi connectivity index (χ0) is 14.0. The molecule has 102 valence electrons. The second-order valence-electron chi connectivity index (χ2n) is 4.92. The molecule has 0 aliphatic rings. The van der Waals surface area contributed by atoms with Crippen LogP contribution in [0.3, 0.4) is 0 Å². The van der Waals surface area contributed by atoms with Crippen molar-refractivity contribution in [3.05, 3.63) is 41.9 Å². The Kier molecular flexibility index (Phi) is 3.95. The van der Waals surface area contributed by atoms with Gasteiger partial charge in [0.05, 0.1) is 17.8 Å². The van der Waals surface area contributed by atoms with Crippen molar-refractivity contribution in [2.75, 3.05) is 0 Å². The van der Waals surface area contributed by atoms with Crippen LogP contribution in [0.1, 0.15) is 32.2 Å². The third-order valence-corrected chi connectivity index (χ3v) is 2.76. The lowest BCUT2D eigenvalue weighted by Crippen LogP contribution is -2.13. The summed E-state index contributed by atoms with van der Waals surface area (Å²) < 4.78 is 32.1. The topological polar surface area (TPSA) is 52.0 Å². The number of benzene rings is 1. The van der Waals surface area contributed by atoms with Gasteiger partial charge in [0, 0.05) is 0 Å². The highest BCUT2D eigenvalue weighted by Crippen LogP contribution is 2.27. The summed E-state index contributed by atoms with van der Waals surface area (Å²) >= 11 is 0. The molecular formula is C14H16F2N2O. The maximum atomic E-state index is 13.6. The number of nitrogens with zero attached hydrogens (tertiary/aromatic N) is 1. The van der Waals surface area contributed by atoms with Crippen molar-refractivity contribution >= 4 is 0 Å². The average Bonchev–Trinajstić information content (AvgIpc) is 2.80. The highest BCUT2D eigenvalue weighted by molar-refractivity contribution is 5.57. The van der Waals surface area contributed by atoms with Gasteiger partial charge in [0.1, 0.15) is 11.6 Å². The first-order chi connectivity index (χ1) is 8.97. The van der Waals surface area contributed by atoms with Gasteiger partial charge in [-0.2, -0.15) is 0 Å². The molecule has 0 saturated heterocycles. The molecule has 0 spiro atoms. The zero-order valence-corrected chi connectivity index (χ0v) is 10.9. The van der Waals surface area contributed by atoms with Crippen molar-refractivity contribution in [1.82, 2.24) is 4.98 Å². The summed E-state index contributed by atoms with van der Waals surface area (Å²) in [5, 5.41) is 0.